The molecule has 1 unspecified atom stereocenters. The van der Waals surface area contributed by atoms with E-state index in [0.29, 0.717) is 18.3 Å². The maximum atomic E-state index is 11.8. The highest BCUT2D eigenvalue weighted by Crippen LogP contribution is 2.05. The maximum absolute atomic E-state index is 11.8. The van der Waals surface area contributed by atoms with Gasteiger partial charge in [0.25, 0.3) is 0 Å². The molecule has 1 fully saturated rings. The molecule has 4 nitrogen and oxygen atoms in total. The summed E-state index contributed by atoms with van der Waals surface area (Å²) in [5.74, 6) is 0.175. The number of nitrogens with zero attached hydrogens (tertiary/aromatic N) is 1. The summed E-state index contributed by atoms with van der Waals surface area (Å²) >= 11 is 0. The number of halogens is 1. The number of piperazine rings is 1. The lowest BCUT2D eigenvalue weighted by Gasteiger charge is -2.33. The van der Waals surface area contributed by atoms with Crippen molar-refractivity contribution in [1.82, 2.24) is 15.2 Å². The fourth-order valence-electron chi connectivity index (χ4n) is 1.89. The Labute approximate surface area is 102 Å². The molecule has 0 bridgehead atoms. The number of hydrogen-bond donors (Lipinski definition) is 2. The molecule has 0 radical (unpaired) electrons. The molecule has 0 saturated carbocycles. The minimum atomic E-state index is 0. The summed E-state index contributed by atoms with van der Waals surface area (Å²) in [5, 5.41) is 3.31. The van der Waals surface area contributed by atoms with Crippen molar-refractivity contribution >= 4 is 18.2 Å². The third-order valence-corrected chi connectivity index (χ3v) is 2.88. The predicted molar refractivity (Wildman–Crippen MR) is 66.3 cm³/mol. The maximum Gasteiger partial charge on any atom is 0.192 e. The average molecular weight is 244 g/mol. The summed E-state index contributed by atoms with van der Waals surface area (Å²) in [5.41, 5.74) is 0.709. The first-order valence-electron chi connectivity index (χ1n) is 5.39. The molecule has 2 N–H and O–H groups in total. The zero-order chi connectivity index (χ0) is 10.7. The van der Waals surface area contributed by atoms with Crippen LogP contribution in [0.5, 0.6) is 0 Å². The Kier molecular flexibility index (Phi) is 4.99. The van der Waals surface area contributed by atoms with E-state index in [2.05, 4.69) is 22.1 Å². The summed E-state index contributed by atoms with van der Waals surface area (Å²) < 4.78 is 0. The second-order valence-electron chi connectivity index (χ2n) is 4.03. The van der Waals surface area contributed by atoms with Gasteiger partial charge in [-0.1, -0.05) is 0 Å². The van der Waals surface area contributed by atoms with Crippen LogP contribution in [-0.4, -0.2) is 47.9 Å². The van der Waals surface area contributed by atoms with Crippen molar-refractivity contribution < 1.29 is 4.79 Å². The van der Waals surface area contributed by atoms with Crippen molar-refractivity contribution in [2.24, 2.45) is 0 Å². The van der Waals surface area contributed by atoms with E-state index in [1.165, 1.54) is 0 Å². The van der Waals surface area contributed by atoms with Crippen LogP contribution in [0, 0.1) is 0 Å². The molecule has 0 amide bonds. The zero-order valence-electron chi connectivity index (χ0n) is 9.40. The second-order valence-corrected chi connectivity index (χ2v) is 4.03. The third-order valence-electron chi connectivity index (χ3n) is 2.88. The normalized spacial score (nSPS) is 21.4. The van der Waals surface area contributed by atoms with Crippen LogP contribution in [0.15, 0.2) is 18.3 Å². The Hall–Kier alpha value is -0.840. The Bertz CT molecular complexity index is 326. The van der Waals surface area contributed by atoms with Gasteiger partial charge in [0, 0.05) is 31.9 Å². The van der Waals surface area contributed by atoms with Gasteiger partial charge in [0.15, 0.2) is 5.78 Å². The molecule has 1 aliphatic rings. The fraction of sp³-hybridized carbons (Fsp3) is 0.545. The van der Waals surface area contributed by atoms with E-state index in [1.54, 1.807) is 6.20 Å². The van der Waals surface area contributed by atoms with Gasteiger partial charge in [-0.3, -0.25) is 9.69 Å². The Morgan fingerprint density at radius 1 is 1.62 bits per heavy atom. The van der Waals surface area contributed by atoms with E-state index in [1.807, 2.05) is 12.1 Å². The second kappa shape index (κ2) is 6.03. The Morgan fingerprint density at radius 3 is 3.06 bits per heavy atom. The number of hydrogen-bond acceptors (Lipinski definition) is 3. The minimum absolute atomic E-state index is 0. The van der Waals surface area contributed by atoms with Crippen LogP contribution >= 0.6 is 12.4 Å². The van der Waals surface area contributed by atoms with Gasteiger partial charge in [-0.05, 0) is 19.1 Å². The zero-order valence-corrected chi connectivity index (χ0v) is 10.2. The highest BCUT2D eigenvalue weighted by Gasteiger charge is 2.20. The van der Waals surface area contributed by atoms with Crippen LogP contribution in [-0.2, 0) is 0 Å². The quantitative estimate of drug-likeness (QED) is 0.776. The van der Waals surface area contributed by atoms with Gasteiger partial charge in [-0.15, -0.1) is 12.4 Å². The monoisotopic (exact) mass is 243 g/mol. The Balaban J connectivity index is 0.00000128. The molecule has 1 saturated heterocycles. The van der Waals surface area contributed by atoms with E-state index in [4.69, 9.17) is 0 Å². The number of nitrogens with one attached hydrogen (secondary N) is 2. The molecular weight excluding hydrogens is 226 g/mol. The molecule has 2 heterocycles. The number of Topliss-reactive ketones (excluding diaryl/α,β-unsaturated/α-hetero) is 1. The minimum Gasteiger partial charge on any atom is -0.359 e. The molecule has 1 atom stereocenters. The summed E-state index contributed by atoms with van der Waals surface area (Å²) in [6, 6.07) is 4.13. The highest BCUT2D eigenvalue weighted by atomic mass is 35.5. The van der Waals surface area contributed by atoms with Crippen LogP contribution in [0.2, 0.25) is 0 Å². The van der Waals surface area contributed by atoms with Crippen molar-refractivity contribution in [3.05, 3.63) is 24.0 Å². The van der Waals surface area contributed by atoms with Gasteiger partial charge >= 0.3 is 0 Å². The highest BCUT2D eigenvalue weighted by molar-refractivity contribution is 5.95. The number of carbonyl (C=O) groups excluding carboxylic acids is 1. The van der Waals surface area contributed by atoms with E-state index >= 15 is 0 Å². The molecule has 1 aliphatic heterocycles. The van der Waals surface area contributed by atoms with Crippen LogP contribution in [0.3, 0.4) is 0 Å². The van der Waals surface area contributed by atoms with Crippen LogP contribution in [0.1, 0.15) is 17.4 Å². The number of H-pyrrole nitrogens is 1. The largest absolute Gasteiger partial charge is 0.359 e. The smallest absolute Gasteiger partial charge is 0.192 e. The van der Waals surface area contributed by atoms with Gasteiger partial charge in [0.2, 0.25) is 0 Å². The van der Waals surface area contributed by atoms with E-state index < -0.39 is 0 Å². The van der Waals surface area contributed by atoms with Crippen molar-refractivity contribution in [2.75, 3.05) is 26.2 Å². The van der Waals surface area contributed by atoms with Gasteiger partial charge in [0.1, 0.15) is 0 Å². The summed E-state index contributed by atoms with van der Waals surface area (Å²) in [6.45, 7) is 5.56. The van der Waals surface area contributed by atoms with Crippen molar-refractivity contribution in [3.8, 4) is 0 Å². The lowest BCUT2D eigenvalue weighted by atomic mass is 10.2. The van der Waals surface area contributed by atoms with Gasteiger partial charge in [-0.2, -0.15) is 0 Å². The number of carbonyl (C=O) groups is 1. The van der Waals surface area contributed by atoms with E-state index in [0.717, 1.165) is 19.6 Å². The summed E-state index contributed by atoms with van der Waals surface area (Å²) in [7, 11) is 0. The first-order valence-corrected chi connectivity index (χ1v) is 5.39. The molecule has 16 heavy (non-hydrogen) atoms. The van der Waals surface area contributed by atoms with Crippen molar-refractivity contribution in [3.63, 3.8) is 0 Å². The fourth-order valence-corrected chi connectivity index (χ4v) is 1.89. The molecular formula is C11H18ClN3O. The molecule has 1 aromatic rings. The predicted octanol–water partition coefficient (Wildman–Crippen LogP) is 0.913. The number of aromatic amines is 1. The molecule has 90 valence electrons. The summed E-state index contributed by atoms with van der Waals surface area (Å²) in [4.78, 5) is 17.0. The van der Waals surface area contributed by atoms with Crippen molar-refractivity contribution in [1.29, 1.82) is 0 Å². The van der Waals surface area contributed by atoms with Gasteiger partial charge in [0.05, 0.1) is 12.2 Å². The lowest BCUT2D eigenvalue weighted by molar-refractivity contribution is 0.0871. The SMILES string of the molecule is CC1CNCCN1CC(=O)c1ccc[nH]1.Cl. The van der Waals surface area contributed by atoms with Crippen LogP contribution in [0.25, 0.3) is 0 Å². The topological polar surface area (TPSA) is 48.1 Å². The molecule has 5 heteroatoms. The molecule has 2 rings (SSSR count). The number of aromatic nitrogens is 1. The van der Waals surface area contributed by atoms with Crippen LogP contribution < -0.4 is 5.32 Å². The molecule has 1 aromatic heterocycles. The van der Waals surface area contributed by atoms with E-state index in [-0.39, 0.29) is 18.2 Å². The number of rotatable bonds is 3. The lowest BCUT2D eigenvalue weighted by Crippen LogP contribution is -2.51. The van der Waals surface area contributed by atoms with Gasteiger partial charge in [-0.25, -0.2) is 0 Å². The molecule has 0 aromatic carbocycles. The van der Waals surface area contributed by atoms with Crippen LogP contribution in [0.4, 0.5) is 0 Å². The summed E-state index contributed by atoms with van der Waals surface area (Å²) in [6.07, 6.45) is 1.79. The van der Waals surface area contributed by atoms with Crippen molar-refractivity contribution in [2.45, 2.75) is 13.0 Å². The first-order chi connectivity index (χ1) is 7.27. The third kappa shape index (κ3) is 3.07. The number of ketones is 1. The first kappa shape index (κ1) is 13.2. The van der Waals surface area contributed by atoms with Gasteiger partial charge < -0.3 is 10.3 Å². The van der Waals surface area contributed by atoms with E-state index in [9.17, 15) is 4.79 Å². The standard InChI is InChI=1S/C11H17N3O.ClH/c1-9-7-12-5-6-14(9)8-11(15)10-3-2-4-13-10;/h2-4,9,12-13H,5-8H2,1H3;1H. The molecule has 0 aliphatic carbocycles. The molecule has 0 spiro atoms. The average Bonchev–Trinajstić information content (AvgIpc) is 2.74. The Morgan fingerprint density at radius 2 is 2.44 bits per heavy atom.